The molecule has 1 aromatic heterocycles. The number of aryl methyl sites for hydroxylation is 1. The molecule has 0 saturated heterocycles. The quantitative estimate of drug-likeness (QED) is 0.898. The summed E-state index contributed by atoms with van der Waals surface area (Å²) in [5, 5.41) is 9.34. The van der Waals surface area contributed by atoms with Gasteiger partial charge in [-0.2, -0.15) is 4.31 Å². The third kappa shape index (κ3) is 3.18. The molecule has 1 aromatic carbocycles. The Morgan fingerprint density at radius 1 is 1.21 bits per heavy atom. The van der Waals surface area contributed by atoms with Gasteiger partial charge in [0.25, 0.3) is 0 Å². The van der Waals surface area contributed by atoms with Crippen LogP contribution < -0.4 is 0 Å². The first-order valence-electron chi connectivity index (χ1n) is 7.40. The predicted molar refractivity (Wildman–Crippen MR) is 90.5 cm³/mol. The Labute approximate surface area is 141 Å². The van der Waals surface area contributed by atoms with Crippen molar-refractivity contribution in [2.75, 3.05) is 7.05 Å². The van der Waals surface area contributed by atoms with Gasteiger partial charge >= 0.3 is 5.97 Å². The van der Waals surface area contributed by atoms with Gasteiger partial charge in [-0.05, 0) is 50.1 Å². The molecule has 2 rings (SSSR count). The fourth-order valence-electron chi connectivity index (χ4n) is 2.61. The lowest BCUT2D eigenvalue weighted by molar-refractivity contribution is 0.0695. The number of pyridine rings is 1. The van der Waals surface area contributed by atoms with E-state index in [0.29, 0.717) is 11.3 Å². The van der Waals surface area contributed by atoms with Gasteiger partial charge in [-0.25, -0.2) is 13.2 Å². The summed E-state index contributed by atoms with van der Waals surface area (Å²) < 4.78 is 27.1. The number of carboxylic acid groups (broad SMARTS) is 1. The molecule has 0 spiro atoms. The van der Waals surface area contributed by atoms with E-state index < -0.39 is 22.0 Å². The summed E-state index contributed by atoms with van der Waals surface area (Å²) in [6.45, 7) is 4.90. The van der Waals surface area contributed by atoms with Crippen LogP contribution in [0.4, 0.5) is 0 Å². The highest BCUT2D eigenvalue weighted by Gasteiger charge is 2.30. The maximum absolute atomic E-state index is 13.0. The van der Waals surface area contributed by atoms with Crippen molar-refractivity contribution in [3.05, 3.63) is 58.9 Å². The molecule has 128 valence electrons. The van der Waals surface area contributed by atoms with E-state index >= 15 is 0 Å². The van der Waals surface area contributed by atoms with Crippen LogP contribution in [0.15, 0.2) is 41.4 Å². The van der Waals surface area contributed by atoms with E-state index in [9.17, 15) is 18.3 Å². The molecule has 6 nitrogen and oxygen atoms in total. The van der Waals surface area contributed by atoms with Crippen LogP contribution in [0.2, 0.25) is 0 Å². The number of aromatic carboxylic acids is 1. The molecule has 1 heterocycles. The molecule has 0 radical (unpaired) electrons. The number of nitrogens with zero attached hydrogens (tertiary/aromatic N) is 2. The highest BCUT2D eigenvalue weighted by Crippen LogP contribution is 2.29. The van der Waals surface area contributed by atoms with Crippen molar-refractivity contribution >= 4 is 16.0 Å². The highest BCUT2D eigenvalue weighted by molar-refractivity contribution is 7.89. The zero-order valence-electron chi connectivity index (χ0n) is 14.0. The van der Waals surface area contributed by atoms with E-state index in [0.717, 1.165) is 0 Å². The number of carboxylic acids is 1. The lowest BCUT2D eigenvalue weighted by atomic mass is 10.0. The first-order chi connectivity index (χ1) is 11.2. The van der Waals surface area contributed by atoms with Gasteiger partial charge in [0.1, 0.15) is 0 Å². The zero-order chi connectivity index (χ0) is 18.1. The van der Waals surface area contributed by atoms with E-state index in [4.69, 9.17) is 0 Å². The summed E-state index contributed by atoms with van der Waals surface area (Å²) in [5.74, 6) is -1.14. The van der Waals surface area contributed by atoms with Gasteiger partial charge in [-0.3, -0.25) is 4.98 Å². The van der Waals surface area contributed by atoms with Crippen molar-refractivity contribution in [3.63, 3.8) is 0 Å². The second-order valence-electron chi connectivity index (χ2n) is 5.64. The SMILES string of the molecule is Cc1ccc(S(=O)(=O)N(C)C(C)c2ccccn2)c(C)c1C(=O)O. The lowest BCUT2D eigenvalue weighted by Crippen LogP contribution is -2.31. The van der Waals surface area contributed by atoms with Gasteiger partial charge in [0, 0.05) is 13.2 Å². The van der Waals surface area contributed by atoms with E-state index in [1.807, 2.05) is 0 Å². The molecule has 0 saturated carbocycles. The lowest BCUT2D eigenvalue weighted by Gasteiger charge is -2.25. The molecule has 1 unspecified atom stereocenters. The molecular formula is C17H20N2O4S. The summed E-state index contributed by atoms with van der Waals surface area (Å²) in [6.07, 6.45) is 1.60. The Morgan fingerprint density at radius 3 is 2.42 bits per heavy atom. The Morgan fingerprint density at radius 2 is 1.88 bits per heavy atom. The summed E-state index contributed by atoms with van der Waals surface area (Å²) >= 11 is 0. The molecule has 2 aromatic rings. The van der Waals surface area contributed by atoms with Crippen molar-refractivity contribution < 1.29 is 18.3 Å². The van der Waals surface area contributed by atoms with Gasteiger partial charge in [0.15, 0.2) is 0 Å². The molecule has 0 aliphatic carbocycles. The van der Waals surface area contributed by atoms with Gasteiger partial charge in [0.05, 0.1) is 22.2 Å². The summed E-state index contributed by atoms with van der Waals surface area (Å²) in [7, 11) is -2.39. The third-order valence-electron chi connectivity index (χ3n) is 4.16. The van der Waals surface area contributed by atoms with Crippen LogP contribution in [0.3, 0.4) is 0 Å². The number of aromatic nitrogens is 1. The molecule has 0 aliphatic heterocycles. The normalized spacial score (nSPS) is 13.0. The fraction of sp³-hybridized carbons (Fsp3) is 0.294. The smallest absolute Gasteiger partial charge is 0.336 e. The van der Waals surface area contributed by atoms with Gasteiger partial charge in [-0.15, -0.1) is 0 Å². The molecule has 0 bridgehead atoms. The molecule has 0 amide bonds. The molecule has 24 heavy (non-hydrogen) atoms. The number of benzene rings is 1. The standard InChI is InChI=1S/C17H20N2O4S/c1-11-8-9-15(12(2)16(11)17(20)21)24(22,23)19(4)13(3)14-7-5-6-10-18-14/h5-10,13H,1-4H3,(H,20,21). The molecule has 0 fully saturated rings. The number of sulfonamides is 1. The second kappa shape index (κ2) is 6.70. The number of rotatable bonds is 5. The second-order valence-corrected chi connectivity index (χ2v) is 7.60. The maximum atomic E-state index is 13.0. The minimum absolute atomic E-state index is 0.00391. The monoisotopic (exact) mass is 348 g/mol. The van der Waals surface area contributed by atoms with Crippen molar-refractivity contribution in [2.24, 2.45) is 0 Å². The fourth-order valence-corrected chi connectivity index (χ4v) is 4.17. The van der Waals surface area contributed by atoms with Crippen molar-refractivity contribution in [2.45, 2.75) is 31.7 Å². The van der Waals surface area contributed by atoms with Crippen LogP contribution in [-0.2, 0) is 10.0 Å². The maximum Gasteiger partial charge on any atom is 0.336 e. The van der Waals surface area contributed by atoms with Crippen LogP contribution in [0.1, 0.15) is 40.1 Å². The average Bonchev–Trinajstić information content (AvgIpc) is 2.53. The van der Waals surface area contributed by atoms with E-state index in [1.165, 1.54) is 30.4 Å². The van der Waals surface area contributed by atoms with E-state index in [2.05, 4.69) is 4.98 Å². The molecule has 1 N–H and O–H groups in total. The molecule has 0 aliphatic rings. The number of hydrogen-bond donors (Lipinski definition) is 1. The largest absolute Gasteiger partial charge is 0.478 e. The van der Waals surface area contributed by atoms with Crippen LogP contribution in [0, 0.1) is 13.8 Å². The first-order valence-corrected chi connectivity index (χ1v) is 8.84. The Bertz CT molecular complexity index is 864. The minimum atomic E-state index is -3.86. The Kier molecular flexibility index (Phi) is 5.05. The van der Waals surface area contributed by atoms with Gasteiger partial charge in [-0.1, -0.05) is 12.1 Å². The van der Waals surface area contributed by atoms with E-state index in [-0.39, 0.29) is 16.0 Å². The van der Waals surface area contributed by atoms with Crippen LogP contribution in [0.25, 0.3) is 0 Å². The van der Waals surface area contributed by atoms with Crippen LogP contribution in [-0.4, -0.2) is 35.8 Å². The summed E-state index contributed by atoms with van der Waals surface area (Å²) in [6, 6.07) is 7.79. The van der Waals surface area contributed by atoms with Gasteiger partial charge < -0.3 is 5.11 Å². The molecule has 7 heteroatoms. The minimum Gasteiger partial charge on any atom is -0.478 e. The van der Waals surface area contributed by atoms with Gasteiger partial charge in [0.2, 0.25) is 10.0 Å². The number of hydrogen-bond acceptors (Lipinski definition) is 4. The first kappa shape index (κ1) is 18.1. The summed E-state index contributed by atoms with van der Waals surface area (Å²) in [5.41, 5.74) is 1.41. The third-order valence-corrected chi connectivity index (χ3v) is 6.23. The number of carbonyl (C=O) groups is 1. The average molecular weight is 348 g/mol. The van der Waals surface area contributed by atoms with Crippen molar-refractivity contribution in [1.29, 1.82) is 0 Å². The Balaban J connectivity index is 2.51. The predicted octanol–water partition coefficient (Wildman–Crippen LogP) is 2.78. The summed E-state index contributed by atoms with van der Waals surface area (Å²) in [4.78, 5) is 15.6. The molecular weight excluding hydrogens is 328 g/mol. The van der Waals surface area contributed by atoms with Crippen molar-refractivity contribution in [3.8, 4) is 0 Å². The molecule has 1 atom stereocenters. The Hall–Kier alpha value is -2.25. The van der Waals surface area contributed by atoms with Crippen LogP contribution >= 0.6 is 0 Å². The highest BCUT2D eigenvalue weighted by atomic mass is 32.2. The topological polar surface area (TPSA) is 87.6 Å². The van der Waals surface area contributed by atoms with Crippen LogP contribution in [0.5, 0.6) is 0 Å². The van der Waals surface area contributed by atoms with Crippen molar-refractivity contribution in [1.82, 2.24) is 9.29 Å². The zero-order valence-corrected chi connectivity index (χ0v) is 14.8. The van der Waals surface area contributed by atoms with E-state index in [1.54, 1.807) is 38.2 Å².